The second kappa shape index (κ2) is 6.21. The van der Waals surface area contributed by atoms with Crippen molar-refractivity contribution < 1.29 is 26.7 Å². The first-order valence-corrected chi connectivity index (χ1v) is 6.73. The Morgan fingerprint density at radius 1 is 1.00 bits per heavy atom. The SMILES string of the molecule is NCc1cc(F)c(Oc2cc(Br)cc(C(F)(F)F)c2)cc1F. The average molecular weight is 382 g/mol. The number of nitrogens with two attached hydrogens (primary N) is 1. The summed E-state index contributed by atoms with van der Waals surface area (Å²) in [6.45, 7) is -0.210. The van der Waals surface area contributed by atoms with Crippen LogP contribution in [0, 0.1) is 11.6 Å². The molecule has 0 saturated heterocycles. The van der Waals surface area contributed by atoms with Crippen LogP contribution >= 0.6 is 15.9 Å². The molecule has 8 heteroatoms. The lowest BCUT2D eigenvalue weighted by atomic mass is 10.2. The first-order valence-electron chi connectivity index (χ1n) is 5.94. The number of hydrogen-bond acceptors (Lipinski definition) is 2. The van der Waals surface area contributed by atoms with E-state index in [1.807, 2.05) is 0 Å². The van der Waals surface area contributed by atoms with Crippen LogP contribution in [0.15, 0.2) is 34.8 Å². The minimum atomic E-state index is -4.59. The predicted molar refractivity (Wildman–Crippen MR) is 73.5 cm³/mol. The Hall–Kier alpha value is -1.67. The van der Waals surface area contributed by atoms with E-state index >= 15 is 0 Å². The molecule has 0 unspecified atom stereocenters. The topological polar surface area (TPSA) is 35.2 Å². The van der Waals surface area contributed by atoms with Crippen molar-refractivity contribution in [3.8, 4) is 11.5 Å². The van der Waals surface area contributed by atoms with Gasteiger partial charge < -0.3 is 10.5 Å². The van der Waals surface area contributed by atoms with Crippen LogP contribution in [0.25, 0.3) is 0 Å². The van der Waals surface area contributed by atoms with Crippen molar-refractivity contribution in [3.05, 3.63) is 57.6 Å². The lowest BCUT2D eigenvalue weighted by Gasteiger charge is -2.12. The van der Waals surface area contributed by atoms with Crippen LogP contribution in [-0.4, -0.2) is 0 Å². The molecule has 0 heterocycles. The first-order chi connectivity index (χ1) is 10.2. The fourth-order valence-electron chi connectivity index (χ4n) is 1.72. The van der Waals surface area contributed by atoms with Crippen molar-refractivity contribution in [2.75, 3.05) is 0 Å². The Bertz CT molecular complexity index is 702. The standard InChI is InChI=1S/C14H9BrF5NO/c15-9-2-8(14(18,19)20)3-10(4-9)22-13-5-11(16)7(6-21)1-12(13)17/h1-5H,6,21H2. The van der Waals surface area contributed by atoms with Gasteiger partial charge in [0.1, 0.15) is 11.6 Å². The van der Waals surface area contributed by atoms with Gasteiger partial charge in [-0.3, -0.25) is 0 Å². The molecule has 2 N–H and O–H groups in total. The van der Waals surface area contributed by atoms with Gasteiger partial charge in [0.15, 0.2) is 11.6 Å². The van der Waals surface area contributed by atoms with Gasteiger partial charge in [-0.15, -0.1) is 0 Å². The van der Waals surface area contributed by atoms with Crippen LogP contribution in [0.2, 0.25) is 0 Å². The molecule has 118 valence electrons. The lowest BCUT2D eigenvalue weighted by Crippen LogP contribution is -2.05. The summed E-state index contributed by atoms with van der Waals surface area (Å²) in [7, 11) is 0. The molecule has 0 spiro atoms. The maximum atomic E-state index is 13.8. The first kappa shape index (κ1) is 16.7. The summed E-state index contributed by atoms with van der Waals surface area (Å²) in [6, 6.07) is 4.34. The van der Waals surface area contributed by atoms with Crippen LogP contribution in [0.4, 0.5) is 22.0 Å². The van der Waals surface area contributed by atoms with Crippen LogP contribution in [0.5, 0.6) is 11.5 Å². The highest BCUT2D eigenvalue weighted by Crippen LogP contribution is 2.36. The average Bonchev–Trinajstić information content (AvgIpc) is 2.41. The number of hydrogen-bond donors (Lipinski definition) is 1. The zero-order valence-corrected chi connectivity index (χ0v) is 12.4. The fourth-order valence-corrected chi connectivity index (χ4v) is 2.19. The van der Waals surface area contributed by atoms with E-state index in [4.69, 9.17) is 10.5 Å². The Labute approximate surface area is 130 Å². The molecule has 22 heavy (non-hydrogen) atoms. The molecule has 2 rings (SSSR count). The van der Waals surface area contributed by atoms with Crippen molar-refractivity contribution in [1.29, 1.82) is 0 Å². The molecule has 0 fully saturated rings. The predicted octanol–water partition coefficient (Wildman–Crippen LogP) is 5.00. The van der Waals surface area contributed by atoms with E-state index in [-0.39, 0.29) is 22.3 Å². The number of rotatable bonds is 3. The number of ether oxygens (including phenoxy) is 1. The van der Waals surface area contributed by atoms with Gasteiger partial charge in [-0.05, 0) is 24.3 Å². The quantitative estimate of drug-likeness (QED) is 0.759. The minimum Gasteiger partial charge on any atom is -0.454 e. The van der Waals surface area contributed by atoms with E-state index in [9.17, 15) is 22.0 Å². The van der Waals surface area contributed by atoms with Gasteiger partial charge in [0.05, 0.1) is 5.56 Å². The molecule has 0 aromatic heterocycles. The zero-order chi connectivity index (χ0) is 16.5. The van der Waals surface area contributed by atoms with Gasteiger partial charge >= 0.3 is 6.18 Å². The number of benzene rings is 2. The summed E-state index contributed by atoms with van der Waals surface area (Å²) >= 11 is 2.91. The van der Waals surface area contributed by atoms with Gasteiger partial charge in [0, 0.05) is 22.6 Å². The Morgan fingerprint density at radius 2 is 1.68 bits per heavy atom. The van der Waals surface area contributed by atoms with Crippen molar-refractivity contribution >= 4 is 15.9 Å². The molecule has 0 radical (unpaired) electrons. The van der Waals surface area contributed by atoms with Crippen LogP contribution in [0.1, 0.15) is 11.1 Å². The Morgan fingerprint density at radius 3 is 2.27 bits per heavy atom. The monoisotopic (exact) mass is 381 g/mol. The summed E-state index contributed by atoms with van der Waals surface area (Å²) in [6.07, 6.45) is -4.59. The third kappa shape index (κ3) is 3.75. The summed E-state index contributed by atoms with van der Waals surface area (Å²) in [5.41, 5.74) is 4.20. The lowest BCUT2D eigenvalue weighted by molar-refractivity contribution is -0.137. The smallest absolute Gasteiger partial charge is 0.416 e. The van der Waals surface area contributed by atoms with Gasteiger partial charge in [0.25, 0.3) is 0 Å². The second-order valence-electron chi connectivity index (χ2n) is 4.35. The minimum absolute atomic E-state index is 0.0601. The Balaban J connectivity index is 2.39. The van der Waals surface area contributed by atoms with E-state index < -0.39 is 29.1 Å². The van der Waals surface area contributed by atoms with Gasteiger partial charge in [-0.25, -0.2) is 8.78 Å². The van der Waals surface area contributed by atoms with Crippen LogP contribution in [0.3, 0.4) is 0 Å². The maximum Gasteiger partial charge on any atom is 0.416 e. The van der Waals surface area contributed by atoms with E-state index in [1.54, 1.807) is 0 Å². The molecule has 0 aliphatic rings. The molecule has 2 aromatic carbocycles. The molecule has 0 aliphatic heterocycles. The molecule has 0 amide bonds. The van der Waals surface area contributed by atoms with Gasteiger partial charge in [-0.1, -0.05) is 15.9 Å². The third-order valence-corrected chi connectivity index (χ3v) is 3.21. The molecular weight excluding hydrogens is 373 g/mol. The number of alkyl halides is 3. The Kier molecular flexibility index (Phi) is 4.72. The fraction of sp³-hybridized carbons (Fsp3) is 0.143. The summed E-state index contributed by atoms with van der Waals surface area (Å²) in [4.78, 5) is 0. The van der Waals surface area contributed by atoms with Crippen molar-refractivity contribution in [2.45, 2.75) is 12.7 Å². The van der Waals surface area contributed by atoms with Crippen molar-refractivity contribution in [2.24, 2.45) is 5.73 Å². The molecule has 0 atom stereocenters. The van der Waals surface area contributed by atoms with E-state index in [0.29, 0.717) is 6.07 Å². The largest absolute Gasteiger partial charge is 0.454 e. The highest BCUT2D eigenvalue weighted by Gasteiger charge is 2.31. The molecular formula is C14H9BrF5NO. The normalized spacial score (nSPS) is 11.6. The van der Waals surface area contributed by atoms with Crippen LogP contribution < -0.4 is 10.5 Å². The highest BCUT2D eigenvalue weighted by atomic mass is 79.9. The van der Waals surface area contributed by atoms with Gasteiger partial charge in [0.2, 0.25) is 0 Å². The van der Waals surface area contributed by atoms with Crippen molar-refractivity contribution in [1.82, 2.24) is 0 Å². The summed E-state index contributed by atoms with van der Waals surface area (Å²) < 4.78 is 70.5. The number of halogens is 6. The molecule has 0 saturated carbocycles. The van der Waals surface area contributed by atoms with Crippen molar-refractivity contribution in [3.63, 3.8) is 0 Å². The summed E-state index contributed by atoms with van der Waals surface area (Å²) in [5, 5.41) is 0. The van der Waals surface area contributed by atoms with E-state index in [0.717, 1.165) is 18.2 Å². The highest BCUT2D eigenvalue weighted by molar-refractivity contribution is 9.10. The second-order valence-corrected chi connectivity index (χ2v) is 5.27. The van der Waals surface area contributed by atoms with Gasteiger partial charge in [-0.2, -0.15) is 13.2 Å². The third-order valence-electron chi connectivity index (χ3n) is 2.75. The molecule has 2 aromatic rings. The summed E-state index contributed by atoms with van der Waals surface area (Å²) in [5.74, 6) is -2.53. The molecule has 0 aliphatic carbocycles. The maximum absolute atomic E-state index is 13.8. The van der Waals surface area contributed by atoms with E-state index in [2.05, 4.69) is 15.9 Å². The molecule has 0 bridgehead atoms. The zero-order valence-electron chi connectivity index (χ0n) is 10.8. The van der Waals surface area contributed by atoms with E-state index in [1.165, 1.54) is 6.07 Å². The molecule has 2 nitrogen and oxygen atoms in total. The van der Waals surface area contributed by atoms with Crippen LogP contribution in [-0.2, 0) is 12.7 Å².